The second-order valence-electron chi connectivity index (χ2n) is 6.30. The van der Waals surface area contributed by atoms with E-state index in [9.17, 15) is 31.1 Å². The maximum Gasteiger partial charge on any atom is 0.417 e. The zero-order chi connectivity index (χ0) is 21.1. The van der Waals surface area contributed by atoms with Gasteiger partial charge in [-0.2, -0.15) is 26.3 Å². The highest BCUT2D eigenvalue weighted by molar-refractivity contribution is 7.99. The Balaban J connectivity index is 2.48. The summed E-state index contributed by atoms with van der Waals surface area (Å²) in [6, 6.07) is 7.22. The van der Waals surface area contributed by atoms with Gasteiger partial charge in [0.05, 0.1) is 23.3 Å². The summed E-state index contributed by atoms with van der Waals surface area (Å²) in [7, 11) is 0. The lowest BCUT2D eigenvalue weighted by Gasteiger charge is -2.17. The summed E-state index contributed by atoms with van der Waals surface area (Å²) in [6.45, 7) is 3.36. The van der Waals surface area contributed by atoms with E-state index in [2.05, 4.69) is 0 Å². The van der Waals surface area contributed by atoms with Gasteiger partial charge in [0, 0.05) is 9.79 Å². The predicted octanol–water partition coefficient (Wildman–Crippen LogP) is 6.69. The molecule has 0 saturated heterocycles. The molecule has 28 heavy (non-hydrogen) atoms. The van der Waals surface area contributed by atoms with Crippen LogP contribution < -0.4 is 0 Å². The number of esters is 1. The first-order valence-corrected chi connectivity index (χ1v) is 8.93. The van der Waals surface area contributed by atoms with Crippen LogP contribution in [-0.2, 0) is 17.1 Å². The van der Waals surface area contributed by atoms with Gasteiger partial charge in [0.15, 0.2) is 0 Å². The van der Waals surface area contributed by atoms with Crippen LogP contribution >= 0.6 is 11.8 Å². The molecular weight excluding hydrogens is 406 g/mol. The summed E-state index contributed by atoms with van der Waals surface area (Å²) in [6.07, 6.45) is -9.42. The predicted molar refractivity (Wildman–Crippen MR) is 92.1 cm³/mol. The maximum absolute atomic E-state index is 13.4. The van der Waals surface area contributed by atoms with E-state index in [1.165, 1.54) is 12.1 Å². The molecule has 152 valence electrons. The van der Waals surface area contributed by atoms with Crippen LogP contribution in [-0.4, -0.2) is 12.6 Å². The first kappa shape index (κ1) is 22.1. The standard InChI is InChI=1S/C19H16F6O2S/c1-11(2)10-27-17(26)16-14(19(23,24)25)7-4-8-15(16)28-13-6-3-5-12(9-13)18(20,21)22/h3-9,11H,10H2,1-2H3. The molecule has 0 fully saturated rings. The summed E-state index contributed by atoms with van der Waals surface area (Å²) in [5.41, 5.74) is -2.84. The fourth-order valence-corrected chi connectivity index (χ4v) is 3.27. The number of hydrogen-bond acceptors (Lipinski definition) is 3. The molecule has 2 aromatic carbocycles. The van der Waals surface area contributed by atoms with Crippen LogP contribution in [0.1, 0.15) is 35.3 Å². The van der Waals surface area contributed by atoms with Crippen molar-refractivity contribution in [3.8, 4) is 0 Å². The number of benzene rings is 2. The van der Waals surface area contributed by atoms with Crippen molar-refractivity contribution in [2.75, 3.05) is 6.61 Å². The minimum absolute atomic E-state index is 0.0482. The smallest absolute Gasteiger partial charge is 0.417 e. The van der Waals surface area contributed by atoms with Gasteiger partial charge in [0.2, 0.25) is 0 Å². The monoisotopic (exact) mass is 422 g/mol. The SMILES string of the molecule is CC(C)COC(=O)c1c(Sc2cccc(C(F)(F)F)c2)cccc1C(F)(F)F. The minimum atomic E-state index is -4.82. The van der Waals surface area contributed by atoms with Gasteiger partial charge in [-0.1, -0.05) is 37.7 Å². The van der Waals surface area contributed by atoms with Crippen LogP contribution in [0, 0.1) is 5.92 Å². The molecule has 0 spiro atoms. The molecule has 0 aliphatic heterocycles. The fraction of sp³-hybridized carbons (Fsp3) is 0.316. The molecule has 0 bridgehead atoms. The van der Waals surface area contributed by atoms with E-state index in [-0.39, 0.29) is 22.3 Å². The molecule has 2 aromatic rings. The second kappa shape index (κ2) is 8.46. The van der Waals surface area contributed by atoms with Gasteiger partial charge in [-0.15, -0.1) is 0 Å². The van der Waals surface area contributed by atoms with E-state index in [1.807, 2.05) is 0 Å². The van der Waals surface area contributed by atoms with Crippen molar-refractivity contribution in [2.45, 2.75) is 36.0 Å². The number of alkyl halides is 6. The molecule has 0 aromatic heterocycles. The Morgan fingerprint density at radius 1 is 1.00 bits per heavy atom. The van der Waals surface area contributed by atoms with Crippen LogP contribution in [0.3, 0.4) is 0 Å². The normalized spacial score (nSPS) is 12.3. The number of halogens is 6. The molecule has 0 radical (unpaired) electrons. The molecule has 0 aliphatic rings. The molecule has 9 heteroatoms. The van der Waals surface area contributed by atoms with E-state index < -0.39 is 35.0 Å². The quantitative estimate of drug-likeness (QED) is 0.397. The van der Waals surface area contributed by atoms with Gasteiger partial charge in [0.25, 0.3) is 0 Å². The molecule has 0 atom stereocenters. The average molecular weight is 422 g/mol. The Morgan fingerprint density at radius 3 is 2.21 bits per heavy atom. The third kappa shape index (κ3) is 5.67. The van der Waals surface area contributed by atoms with Crippen LogP contribution in [0.5, 0.6) is 0 Å². The lowest BCUT2D eigenvalue weighted by atomic mass is 10.1. The third-order valence-electron chi connectivity index (χ3n) is 3.47. The second-order valence-corrected chi connectivity index (χ2v) is 7.41. The highest BCUT2D eigenvalue weighted by Gasteiger charge is 2.37. The summed E-state index contributed by atoms with van der Waals surface area (Å²) < 4.78 is 83.7. The largest absolute Gasteiger partial charge is 0.462 e. The van der Waals surface area contributed by atoms with Gasteiger partial charge < -0.3 is 4.74 Å². The van der Waals surface area contributed by atoms with Crippen LogP contribution in [0.15, 0.2) is 52.3 Å². The molecule has 0 saturated carbocycles. The van der Waals surface area contributed by atoms with E-state index in [1.54, 1.807) is 13.8 Å². The van der Waals surface area contributed by atoms with Crippen molar-refractivity contribution in [2.24, 2.45) is 5.92 Å². The van der Waals surface area contributed by atoms with E-state index in [0.29, 0.717) is 11.8 Å². The number of carbonyl (C=O) groups excluding carboxylic acids is 1. The van der Waals surface area contributed by atoms with Gasteiger partial charge in [-0.25, -0.2) is 4.79 Å². The Hall–Kier alpha value is -2.16. The first-order valence-electron chi connectivity index (χ1n) is 8.12. The molecule has 0 heterocycles. The highest BCUT2D eigenvalue weighted by Crippen LogP contribution is 2.40. The molecule has 0 N–H and O–H groups in total. The van der Waals surface area contributed by atoms with Crippen LogP contribution in [0.2, 0.25) is 0 Å². The van der Waals surface area contributed by atoms with Crippen molar-refractivity contribution >= 4 is 17.7 Å². The van der Waals surface area contributed by atoms with E-state index in [4.69, 9.17) is 4.74 Å². The molecule has 0 aliphatic carbocycles. The van der Waals surface area contributed by atoms with Crippen molar-refractivity contribution in [3.05, 3.63) is 59.2 Å². The molecular formula is C19H16F6O2S. The minimum Gasteiger partial charge on any atom is -0.462 e. The molecule has 2 rings (SSSR count). The Bertz CT molecular complexity index is 843. The van der Waals surface area contributed by atoms with Gasteiger partial charge in [0.1, 0.15) is 0 Å². The Kier molecular flexibility index (Phi) is 6.69. The van der Waals surface area contributed by atoms with Crippen molar-refractivity contribution in [1.82, 2.24) is 0 Å². The number of carbonyl (C=O) groups is 1. The molecule has 0 unspecified atom stereocenters. The first-order chi connectivity index (χ1) is 12.9. The summed E-state index contributed by atoms with van der Waals surface area (Å²) in [4.78, 5) is 12.3. The third-order valence-corrected chi connectivity index (χ3v) is 4.52. The average Bonchev–Trinajstić information content (AvgIpc) is 2.58. The van der Waals surface area contributed by atoms with Crippen molar-refractivity contribution < 1.29 is 35.9 Å². The van der Waals surface area contributed by atoms with E-state index in [0.717, 1.165) is 30.3 Å². The lowest BCUT2D eigenvalue weighted by molar-refractivity contribution is -0.138. The topological polar surface area (TPSA) is 26.3 Å². The number of ether oxygens (including phenoxy) is 1. The fourth-order valence-electron chi connectivity index (χ4n) is 2.24. The molecule has 2 nitrogen and oxygen atoms in total. The van der Waals surface area contributed by atoms with Crippen molar-refractivity contribution in [1.29, 1.82) is 0 Å². The number of hydrogen-bond donors (Lipinski definition) is 0. The van der Waals surface area contributed by atoms with Gasteiger partial charge >= 0.3 is 18.3 Å². The number of rotatable bonds is 5. The highest BCUT2D eigenvalue weighted by atomic mass is 32.2. The zero-order valence-corrected chi connectivity index (χ0v) is 15.6. The molecule has 0 amide bonds. The van der Waals surface area contributed by atoms with Crippen molar-refractivity contribution in [3.63, 3.8) is 0 Å². The van der Waals surface area contributed by atoms with E-state index >= 15 is 0 Å². The zero-order valence-electron chi connectivity index (χ0n) is 14.8. The summed E-state index contributed by atoms with van der Waals surface area (Å²) >= 11 is 0.637. The van der Waals surface area contributed by atoms with Gasteiger partial charge in [-0.05, 0) is 36.2 Å². The van der Waals surface area contributed by atoms with Gasteiger partial charge in [-0.3, -0.25) is 0 Å². The Labute approximate surface area is 161 Å². The van der Waals surface area contributed by atoms with Crippen LogP contribution in [0.4, 0.5) is 26.3 Å². The van der Waals surface area contributed by atoms with Crippen LogP contribution in [0.25, 0.3) is 0 Å². The maximum atomic E-state index is 13.4. The summed E-state index contributed by atoms with van der Waals surface area (Å²) in [5, 5.41) is 0. The lowest BCUT2D eigenvalue weighted by Crippen LogP contribution is -2.18. The Morgan fingerprint density at radius 2 is 1.64 bits per heavy atom. The summed E-state index contributed by atoms with van der Waals surface area (Å²) in [5.74, 6) is -1.27.